The first kappa shape index (κ1) is 18.7. The molecule has 0 aliphatic rings. The van der Waals surface area contributed by atoms with Crippen molar-refractivity contribution in [3.63, 3.8) is 0 Å². The van der Waals surface area contributed by atoms with Crippen molar-refractivity contribution in [3.8, 4) is 5.75 Å². The number of rotatable bonds is 7. The Bertz CT molecular complexity index is 422. The van der Waals surface area contributed by atoms with Crippen LogP contribution in [0, 0.1) is 5.82 Å². The van der Waals surface area contributed by atoms with E-state index in [9.17, 15) is 9.18 Å². The summed E-state index contributed by atoms with van der Waals surface area (Å²) in [5, 5.41) is 2.75. The second-order valence-corrected chi connectivity index (χ2v) is 5.17. The van der Waals surface area contributed by atoms with E-state index in [4.69, 9.17) is 10.5 Å². The van der Waals surface area contributed by atoms with Crippen LogP contribution in [0.5, 0.6) is 5.75 Å². The summed E-state index contributed by atoms with van der Waals surface area (Å²) in [5.41, 5.74) is 5.34. The topological polar surface area (TPSA) is 64.3 Å². The highest BCUT2D eigenvalue weighted by molar-refractivity contribution is 5.85. The quantitative estimate of drug-likeness (QED) is 0.760. The van der Waals surface area contributed by atoms with Crippen LogP contribution in [0.3, 0.4) is 0 Å². The minimum atomic E-state index is -0.409. The molecule has 20 heavy (non-hydrogen) atoms. The van der Waals surface area contributed by atoms with Gasteiger partial charge in [-0.3, -0.25) is 4.79 Å². The molecule has 0 bridgehead atoms. The standard InChI is InChI=1S/C14H21FN2O2.ClH/c1-14(2,16)10-17-13(18)7-4-8-19-12-6-3-5-11(15)9-12;/h3,5-6,9H,4,7-8,10,16H2,1-2H3,(H,17,18);1H. The lowest BCUT2D eigenvalue weighted by Gasteiger charge is -2.18. The number of nitrogens with one attached hydrogen (secondary N) is 1. The lowest BCUT2D eigenvalue weighted by atomic mass is 10.1. The molecule has 0 aliphatic heterocycles. The number of ether oxygens (including phenoxy) is 1. The summed E-state index contributed by atoms with van der Waals surface area (Å²) in [7, 11) is 0. The number of carbonyl (C=O) groups is 1. The van der Waals surface area contributed by atoms with Crippen molar-refractivity contribution in [2.75, 3.05) is 13.2 Å². The van der Waals surface area contributed by atoms with Gasteiger partial charge in [0.1, 0.15) is 11.6 Å². The molecule has 1 aromatic rings. The second kappa shape index (κ2) is 8.76. The summed E-state index contributed by atoms with van der Waals surface area (Å²) < 4.78 is 18.2. The molecule has 1 rings (SSSR count). The van der Waals surface area contributed by atoms with Gasteiger partial charge in [-0.1, -0.05) is 6.07 Å². The van der Waals surface area contributed by atoms with E-state index >= 15 is 0 Å². The molecule has 0 aliphatic carbocycles. The van der Waals surface area contributed by atoms with Crippen LogP contribution in [-0.4, -0.2) is 24.6 Å². The van der Waals surface area contributed by atoms with E-state index in [0.717, 1.165) is 0 Å². The van der Waals surface area contributed by atoms with Crippen LogP contribution >= 0.6 is 12.4 Å². The van der Waals surface area contributed by atoms with Gasteiger partial charge in [-0.25, -0.2) is 4.39 Å². The Morgan fingerprint density at radius 1 is 1.45 bits per heavy atom. The average Bonchev–Trinajstić information content (AvgIpc) is 2.31. The molecule has 114 valence electrons. The summed E-state index contributed by atoms with van der Waals surface area (Å²) in [6.45, 7) is 4.51. The summed E-state index contributed by atoms with van der Waals surface area (Å²) in [5.74, 6) is 0.0882. The van der Waals surface area contributed by atoms with Crippen molar-refractivity contribution < 1.29 is 13.9 Å². The number of halogens is 2. The molecule has 0 radical (unpaired) electrons. The van der Waals surface area contributed by atoms with Crippen molar-refractivity contribution in [2.45, 2.75) is 32.2 Å². The Labute approximate surface area is 125 Å². The van der Waals surface area contributed by atoms with Crippen LogP contribution < -0.4 is 15.8 Å². The number of hydrogen-bond acceptors (Lipinski definition) is 3. The van der Waals surface area contributed by atoms with Gasteiger partial charge in [-0.05, 0) is 32.4 Å². The van der Waals surface area contributed by atoms with Crippen molar-refractivity contribution in [2.24, 2.45) is 5.73 Å². The number of hydrogen-bond donors (Lipinski definition) is 2. The fraction of sp³-hybridized carbons (Fsp3) is 0.500. The molecule has 0 unspecified atom stereocenters. The highest BCUT2D eigenvalue weighted by Crippen LogP contribution is 2.12. The first-order valence-electron chi connectivity index (χ1n) is 6.31. The molecule has 0 spiro atoms. The van der Waals surface area contributed by atoms with Crippen LogP contribution in [0.2, 0.25) is 0 Å². The predicted octanol–water partition coefficient (Wildman–Crippen LogP) is 2.26. The van der Waals surface area contributed by atoms with Crippen LogP contribution in [0.25, 0.3) is 0 Å². The zero-order chi connectivity index (χ0) is 14.3. The molecule has 6 heteroatoms. The predicted molar refractivity (Wildman–Crippen MR) is 79.7 cm³/mol. The van der Waals surface area contributed by atoms with Crippen LogP contribution in [0.15, 0.2) is 24.3 Å². The highest BCUT2D eigenvalue weighted by atomic mass is 35.5. The van der Waals surface area contributed by atoms with Crippen LogP contribution in [0.1, 0.15) is 26.7 Å². The molecular weight excluding hydrogens is 283 g/mol. The minimum Gasteiger partial charge on any atom is -0.493 e. The Morgan fingerprint density at radius 3 is 2.75 bits per heavy atom. The van der Waals surface area contributed by atoms with Gasteiger partial charge in [-0.2, -0.15) is 0 Å². The maximum absolute atomic E-state index is 12.9. The molecular formula is C14H22ClFN2O2. The van der Waals surface area contributed by atoms with Crippen LogP contribution in [0.4, 0.5) is 4.39 Å². The van der Waals surface area contributed by atoms with E-state index in [1.807, 2.05) is 13.8 Å². The maximum Gasteiger partial charge on any atom is 0.220 e. The second-order valence-electron chi connectivity index (χ2n) is 5.17. The minimum absolute atomic E-state index is 0. The summed E-state index contributed by atoms with van der Waals surface area (Å²) in [6, 6.07) is 5.94. The van der Waals surface area contributed by atoms with Gasteiger partial charge >= 0.3 is 0 Å². The molecule has 3 N–H and O–H groups in total. The first-order chi connectivity index (χ1) is 8.87. The van der Waals surface area contributed by atoms with Crippen molar-refractivity contribution in [1.29, 1.82) is 0 Å². The molecule has 0 saturated heterocycles. The zero-order valence-electron chi connectivity index (χ0n) is 11.8. The fourth-order valence-electron chi connectivity index (χ4n) is 1.39. The van der Waals surface area contributed by atoms with Crippen molar-refractivity contribution in [3.05, 3.63) is 30.1 Å². The summed E-state index contributed by atoms with van der Waals surface area (Å²) >= 11 is 0. The zero-order valence-corrected chi connectivity index (χ0v) is 12.6. The Balaban J connectivity index is 0.00000361. The lowest BCUT2D eigenvalue weighted by Crippen LogP contribution is -2.45. The van der Waals surface area contributed by atoms with E-state index in [2.05, 4.69) is 5.32 Å². The largest absolute Gasteiger partial charge is 0.493 e. The van der Waals surface area contributed by atoms with Gasteiger partial charge in [0.2, 0.25) is 5.91 Å². The van der Waals surface area contributed by atoms with E-state index in [1.165, 1.54) is 12.1 Å². The summed E-state index contributed by atoms with van der Waals surface area (Å²) in [6.07, 6.45) is 0.943. The molecule has 4 nitrogen and oxygen atoms in total. The van der Waals surface area contributed by atoms with Gasteiger partial charge < -0.3 is 15.8 Å². The van der Waals surface area contributed by atoms with Crippen molar-refractivity contribution in [1.82, 2.24) is 5.32 Å². The van der Waals surface area contributed by atoms with E-state index in [0.29, 0.717) is 31.7 Å². The molecule has 1 aromatic carbocycles. The lowest BCUT2D eigenvalue weighted by molar-refractivity contribution is -0.121. The smallest absolute Gasteiger partial charge is 0.220 e. The molecule has 0 atom stereocenters. The Kier molecular flexibility index (Phi) is 8.18. The molecule has 1 amide bonds. The van der Waals surface area contributed by atoms with Gasteiger partial charge in [0.15, 0.2) is 0 Å². The first-order valence-corrected chi connectivity index (χ1v) is 6.31. The van der Waals surface area contributed by atoms with Gasteiger partial charge in [0, 0.05) is 24.6 Å². The van der Waals surface area contributed by atoms with E-state index in [-0.39, 0.29) is 24.1 Å². The monoisotopic (exact) mass is 304 g/mol. The summed E-state index contributed by atoms with van der Waals surface area (Å²) in [4.78, 5) is 11.5. The highest BCUT2D eigenvalue weighted by Gasteiger charge is 2.11. The maximum atomic E-state index is 12.9. The normalized spacial score (nSPS) is 10.6. The number of nitrogens with two attached hydrogens (primary N) is 1. The number of amides is 1. The molecule has 0 fully saturated rings. The molecule has 0 heterocycles. The fourth-order valence-corrected chi connectivity index (χ4v) is 1.39. The number of carbonyl (C=O) groups excluding carboxylic acids is 1. The SMILES string of the molecule is CC(C)(N)CNC(=O)CCCOc1cccc(F)c1.Cl. The Morgan fingerprint density at radius 2 is 2.15 bits per heavy atom. The van der Waals surface area contributed by atoms with Gasteiger partial charge in [0.25, 0.3) is 0 Å². The van der Waals surface area contributed by atoms with E-state index < -0.39 is 5.54 Å². The Hall–Kier alpha value is -1.33. The third kappa shape index (κ3) is 8.72. The third-order valence-corrected chi connectivity index (χ3v) is 2.35. The van der Waals surface area contributed by atoms with E-state index in [1.54, 1.807) is 12.1 Å². The third-order valence-electron chi connectivity index (χ3n) is 2.35. The average molecular weight is 305 g/mol. The molecule has 0 aromatic heterocycles. The van der Waals surface area contributed by atoms with Gasteiger partial charge in [-0.15, -0.1) is 12.4 Å². The number of benzene rings is 1. The molecule has 0 saturated carbocycles. The van der Waals surface area contributed by atoms with Gasteiger partial charge in [0.05, 0.1) is 6.61 Å². The van der Waals surface area contributed by atoms with Crippen molar-refractivity contribution >= 4 is 18.3 Å². The van der Waals surface area contributed by atoms with Crippen LogP contribution in [-0.2, 0) is 4.79 Å².